The molecule has 1 aromatic carbocycles. The first-order valence-electron chi connectivity index (χ1n) is 7.54. The summed E-state index contributed by atoms with van der Waals surface area (Å²) in [6, 6.07) is 7.20. The third kappa shape index (κ3) is 3.61. The molecule has 4 N–H and O–H groups in total. The molecule has 5 heteroatoms. The normalized spacial score (nSPS) is 19.5. The lowest BCUT2D eigenvalue weighted by Crippen LogP contribution is -2.48. The SMILES string of the molecule is NC1(CC(=O)Nc2ccc(NC(=O)C3CC3)cc2)CCC1. The Labute approximate surface area is 124 Å². The van der Waals surface area contributed by atoms with E-state index in [1.807, 2.05) is 0 Å². The molecule has 21 heavy (non-hydrogen) atoms. The number of anilines is 2. The molecule has 112 valence electrons. The predicted octanol–water partition coefficient (Wildman–Crippen LogP) is 2.25. The summed E-state index contributed by atoms with van der Waals surface area (Å²) >= 11 is 0. The molecule has 5 nitrogen and oxygen atoms in total. The van der Waals surface area contributed by atoms with E-state index in [1.165, 1.54) is 0 Å². The zero-order valence-electron chi connectivity index (χ0n) is 12.0. The van der Waals surface area contributed by atoms with E-state index in [0.717, 1.165) is 43.5 Å². The van der Waals surface area contributed by atoms with Gasteiger partial charge in [-0.05, 0) is 56.4 Å². The highest BCUT2D eigenvalue weighted by molar-refractivity contribution is 5.95. The molecule has 0 atom stereocenters. The Morgan fingerprint density at radius 1 is 1.10 bits per heavy atom. The number of benzene rings is 1. The maximum Gasteiger partial charge on any atom is 0.227 e. The number of nitrogens with two attached hydrogens (primary N) is 1. The number of hydrogen-bond donors (Lipinski definition) is 3. The average molecular weight is 287 g/mol. The van der Waals surface area contributed by atoms with E-state index in [-0.39, 0.29) is 23.3 Å². The summed E-state index contributed by atoms with van der Waals surface area (Å²) < 4.78 is 0. The van der Waals surface area contributed by atoms with Crippen molar-refractivity contribution in [1.82, 2.24) is 0 Å². The number of rotatable bonds is 5. The minimum absolute atomic E-state index is 0.0491. The quantitative estimate of drug-likeness (QED) is 0.776. The lowest BCUT2D eigenvalue weighted by Gasteiger charge is -2.37. The highest BCUT2D eigenvalue weighted by Crippen LogP contribution is 2.32. The Bertz CT molecular complexity index is 545. The number of amides is 2. The minimum atomic E-state index is -0.303. The first kappa shape index (κ1) is 14.1. The molecule has 0 bridgehead atoms. The molecule has 0 radical (unpaired) electrons. The molecular formula is C16H21N3O2. The zero-order chi connectivity index (χ0) is 14.9. The first-order chi connectivity index (χ1) is 10.0. The van der Waals surface area contributed by atoms with Crippen molar-refractivity contribution in [2.75, 3.05) is 10.6 Å². The molecule has 1 aromatic rings. The van der Waals surface area contributed by atoms with Crippen molar-refractivity contribution < 1.29 is 9.59 Å². The largest absolute Gasteiger partial charge is 0.326 e. The molecule has 0 spiro atoms. The molecular weight excluding hydrogens is 266 g/mol. The van der Waals surface area contributed by atoms with Crippen LogP contribution in [0.15, 0.2) is 24.3 Å². The van der Waals surface area contributed by atoms with Crippen LogP contribution in [0.1, 0.15) is 38.5 Å². The highest BCUT2D eigenvalue weighted by atomic mass is 16.2. The van der Waals surface area contributed by atoms with Crippen molar-refractivity contribution in [1.29, 1.82) is 0 Å². The van der Waals surface area contributed by atoms with Crippen LogP contribution in [0.5, 0.6) is 0 Å². The lowest BCUT2D eigenvalue weighted by molar-refractivity contribution is -0.118. The fourth-order valence-electron chi connectivity index (χ4n) is 2.56. The number of nitrogens with one attached hydrogen (secondary N) is 2. The summed E-state index contributed by atoms with van der Waals surface area (Å²) in [6.07, 6.45) is 5.30. The van der Waals surface area contributed by atoms with Gasteiger partial charge in [-0.3, -0.25) is 9.59 Å². The molecule has 2 aliphatic rings. The second kappa shape index (κ2) is 5.48. The topological polar surface area (TPSA) is 84.2 Å². The van der Waals surface area contributed by atoms with Crippen molar-refractivity contribution in [3.05, 3.63) is 24.3 Å². The van der Waals surface area contributed by atoms with Crippen molar-refractivity contribution in [3.8, 4) is 0 Å². The van der Waals surface area contributed by atoms with Crippen LogP contribution in [0.25, 0.3) is 0 Å². The van der Waals surface area contributed by atoms with E-state index in [2.05, 4.69) is 10.6 Å². The molecule has 3 rings (SSSR count). The Hall–Kier alpha value is -1.88. The first-order valence-corrected chi connectivity index (χ1v) is 7.54. The summed E-state index contributed by atoms with van der Waals surface area (Å²) in [4.78, 5) is 23.6. The standard InChI is InChI=1S/C16H21N3O2/c17-16(8-1-9-16)10-14(20)18-12-4-6-13(7-5-12)19-15(21)11-2-3-11/h4-7,11H,1-3,8-10,17H2,(H,18,20)(H,19,21). The van der Waals surface area contributed by atoms with Gasteiger partial charge in [0.2, 0.25) is 11.8 Å². The summed E-state index contributed by atoms with van der Waals surface area (Å²) in [5.41, 5.74) is 7.25. The fourth-order valence-corrected chi connectivity index (χ4v) is 2.56. The van der Waals surface area contributed by atoms with E-state index >= 15 is 0 Å². The van der Waals surface area contributed by atoms with Crippen LogP contribution >= 0.6 is 0 Å². The summed E-state index contributed by atoms with van der Waals surface area (Å²) in [5.74, 6) is 0.224. The maximum atomic E-state index is 11.9. The Morgan fingerprint density at radius 3 is 2.14 bits per heavy atom. The van der Waals surface area contributed by atoms with Crippen LogP contribution in [0.3, 0.4) is 0 Å². The van der Waals surface area contributed by atoms with Crippen molar-refractivity contribution in [2.24, 2.45) is 11.7 Å². The average Bonchev–Trinajstić information content (AvgIpc) is 3.23. The third-order valence-corrected chi connectivity index (χ3v) is 4.25. The summed E-state index contributed by atoms with van der Waals surface area (Å²) in [7, 11) is 0. The number of carbonyl (C=O) groups excluding carboxylic acids is 2. The highest BCUT2D eigenvalue weighted by Gasteiger charge is 2.34. The number of hydrogen-bond acceptors (Lipinski definition) is 3. The fraction of sp³-hybridized carbons (Fsp3) is 0.500. The van der Waals surface area contributed by atoms with Gasteiger partial charge in [-0.25, -0.2) is 0 Å². The minimum Gasteiger partial charge on any atom is -0.326 e. The monoisotopic (exact) mass is 287 g/mol. The molecule has 2 fully saturated rings. The van der Waals surface area contributed by atoms with Crippen LogP contribution in [0.4, 0.5) is 11.4 Å². The van der Waals surface area contributed by atoms with Gasteiger partial charge in [-0.2, -0.15) is 0 Å². The molecule has 0 heterocycles. The third-order valence-electron chi connectivity index (χ3n) is 4.25. The molecule has 0 unspecified atom stereocenters. The van der Waals surface area contributed by atoms with Crippen molar-refractivity contribution >= 4 is 23.2 Å². The van der Waals surface area contributed by atoms with Gasteiger partial charge in [-0.15, -0.1) is 0 Å². The molecule has 2 saturated carbocycles. The smallest absolute Gasteiger partial charge is 0.227 e. The van der Waals surface area contributed by atoms with Gasteiger partial charge in [0.25, 0.3) is 0 Å². The van der Waals surface area contributed by atoms with Gasteiger partial charge in [-0.1, -0.05) is 0 Å². The van der Waals surface area contributed by atoms with E-state index < -0.39 is 0 Å². The summed E-state index contributed by atoms with van der Waals surface area (Å²) in [6.45, 7) is 0. The molecule has 0 saturated heterocycles. The van der Waals surface area contributed by atoms with Gasteiger partial charge in [0.15, 0.2) is 0 Å². The Balaban J connectivity index is 1.51. The van der Waals surface area contributed by atoms with Crippen LogP contribution in [0, 0.1) is 5.92 Å². The second-order valence-corrected chi connectivity index (χ2v) is 6.28. The van der Waals surface area contributed by atoms with Gasteiger partial charge < -0.3 is 16.4 Å². The molecule has 0 aliphatic heterocycles. The Morgan fingerprint density at radius 2 is 1.67 bits per heavy atom. The van der Waals surface area contributed by atoms with E-state index in [9.17, 15) is 9.59 Å². The second-order valence-electron chi connectivity index (χ2n) is 6.28. The Kier molecular flexibility index (Phi) is 3.68. The predicted molar refractivity (Wildman–Crippen MR) is 81.8 cm³/mol. The van der Waals surface area contributed by atoms with E-state index in [1.54, 1.807) is 24.3 Å². The van der Waals surface area contributed by atoms with Crippen LogP contribution in [-0.4, -0.2) is 17.4 Å². The number of carbonyl (C=O) groups is 2. The lowest BCUT2D eigenvalue weighted by atomic mass is 9.75. The molecule has 2 aliphatic carbocycles. The van der Waals surface area contributed by atoms with E-state index in [0.29, 0.717) is 6.42 Å². The maximum absolute atomic E-state index is 11.9. The van der Waals surface area contributed by atoms with Gasteiger partial charge in [0.05, 0.1) is 0 Å². The van der Waals surface area contributed by atoms with Crippen molar-refractivity contribution in [3.63, 3.8) is 0 Å². The summed E-state index contributed by atoms with van der Waals surface area (Å²) in [5, 5.41) is 5.72. The van der Waals surface area contributed by atoms with Gasteiger partial charge in [0.1, 0.15) is 0 Å². The van der Waals surface area contributed by atoms with Crippen molar-refractivity contribution in [2.45, 2.75) is 44.1 Å². The van der Waals surface area contributed by atoms with Crippen LogP contribution in [-0.2, 0) is 9.59 Å². The molecule has 2 amide bonds. The van der Waals surface area contributed by atoms with Gasteiger partial charge >= 0.3 is 0 Å². The molecule has 0 aromatic heterocycles. The van der Waals surface area contributed by atoms with Crippen LogP contribution in [0.2, 0.25) is 0 Å². The zero-order valence-corrected chi connectivity index (χ0v) is 12.0. The van der Waals surface area contributed by atoms with Crippen LogP contribution < -0.4 is 16.4 Å². The van der Waals surface area contributed by atoms with Gasteiger partial charge in [0, 0.05) is 29.3 Å². The van der Waals surface area contributed by atoms with E-state index in [4.69, 9.17) is 5.73 Å².